The van der Waals surface area contributed by atoms with Crippen molar-refractivity contribution in [1.82, 2.24) is 4.90 Å². The van der Waals surface area contributed by atoms with E-state index in [0.717, 1.165) is 6.26 Å². The topological polar surface area (TPSA) is 92.8 Å². The van der Waals surface area contributed by atoms with Gasteiger partial charge in [0.15, 0.2) is 6.61 Å². The molecule has 1 N–H and O–H groups in total. The highest BCUT2D eigenvalue weighted by atomic mass is 35.5. The van der Waals surface area contributed by atoms with Crippen molar-refractivity contribution in [3.8, 4) is 0 Å². The summed E-state index contributed by atoms with van der Waals surface area (Å²) in [5, 5.41) is 0.187. The third-order valence-electron chi connectivity index (χ3n) is 3.61. The Balaban J connectivity index is 1.97. The Morgan fingerprint density at radius 2 is 1.89 bits per heavy atom. The highest BCUT2D eigenvalue weighted by Crippen LogP contribution is 2.20. The van der Waals surface area contributed by atoms with Crippen molar-refractivity contribution in [2.24, 2.45) is 0 Å². The van der Waals surface area contributed by atoms with Crippen LogP contribution in [0.25, 0.3) is 0 Å². The second-order valence-electron chi connectivity index (χ2n) is 5.98. The Bertz CT molecular complexity index is 977. The fraction of sp³-hybridized carbons (Fsp3) is 0.222. The number of rotatable bonds is 7. The monoisotopic (exact) mass is 428 g/mol. The molecule has 0 atom stereocenters. The molecule has 0 aliphatic heterocycles. The minimum atomic E-state index is -3.50. The summed E-state index contributed by atoms with van der Waals surface area (Å²) >= 11 is 5.93. The summed E-state index contributed by atoms with van der Waals surface area (Å²) in [6.07, 6.45) is 0.980. The lowest BCUT2D eigenvalue weighted by Crippen LogP contribution is -2.31. The Labute approximate surface area is 167 Å². The molecule has 2 aromatic rings. The lowest BCUT2D eigenvalue weighted by Gasteiger charge is -2.18. The number of halogens is 2. The molecule has 2 rings (SSSR count). The van der Waals surface area contributed by atoms with Gasteiger partial charge in [0.05, 0.1) is 11.8 Å². The molecule has 0 heterocycles. The number of carbonyl (C=O) groups excluding carboxylic acids is 2. The second kappa shape index (κ2) is 9.03. The summed E-state index contributed by atoms with van der Waals surface area (Å²) in [6.45, 7) is -0.652. The van der Waals surface area contributed by atoms with Crippen molar-refractivity contribution < 1.29 is 27.1 Å². The van der Waals surface area contributed by atoms with E-state index in [-0.39, 0.29) is 28.4 Å². The Kier molecular flexibility index (Phi) is 6.98. The first-order chi connectivity index (χ1) is 13.1. The molecule has 0 unspecified atom stereocenters. The third kappa shape index (κ3) is 6.21. The van der Waals surface area contributed by atoms with E-state index in [1.807, 2.05) is 0 Å². The summed E-state index contributed by atoms with van der Waals surface area (Å²) in [6, 6.07) is 9.84. The third-order valence-corrected chi connectivity index (χ3v) is 4.57. The van der Waals surface area contributed by atoms with Crippen LogP contribution in [-0.4, -0.2) is 45.1 Å². The van der Waals surface area contributed by atoms with Gasteiger partial charge < -0.3 is 9.64 Å². The predicted molar refractivity (Wildman–Crippen MR) is 103 cm³/mol. The van der Waals surface area contributed by atoms with Gasteiger partial charge in [0.1, 0.15) is 5.82 Å². The van der Waals surface area contributed by atoms with Crippen molar-refractivity contribution in [1.29, 1.82) is 0 Å². The van der Waals surface area contributed by atoms with E-state index in [1.165, 1.54) is 54.4 Å². The zero-order valence-corrected chi connectivity index (χ0v) is 16.7. The van der Waals surface area contributed by atoms with Gasteiger partial charge in [-0.25, -0.2) is 17.6 Å². The van der Waals surface area contributed by atoms with Crippen molar-refractivity contribution >= 4 is 39.2 Å². The quantitative estimate of drug-likeness (QED) is 0.684. The van der Waals surface area contributed by atoms with Crippen LogP contribution in [0.4, 0.5) is 10.1 Å². The molecule has 0 aliphatic carbocycles. The van der Waals surface area contributed by atoms with Crippen molar-refractivity contribution in [3.05, 3.63) is 64.4 Å². The van der Waals surface area contributed by atoms with Gasteiger partial charge in [0.25, 0.3) is 5.91 Å². The number of ether oxygens (including phenoxy) is 1. The normalized spacial score (nSPS) is 11.0. The fourth-order valence-electron chi connectivity index (χ4n) is 2.25. The number of likely N-dealkylation sites (N-methyl/N-ethyl adjacent to an activating group) is 1. The molecule has 0 fully saturated rings. The molecule has 0 saturated heterocycles. The lowest BCUT2D eigenvalue weighted by molar-refractivity contribution is -0.133. The molecule has 0 spiro atoms. The van der Waals surface area contributed by atoms with E-state index in [2.05, 4.69) is 4.72 Å². The summed E-state index contributed by atoms with van der Waals surface area (Å²) < 4.78 is 43.5. The molecule has 7 nitrogen and oxygen atoms in total. The number of amides is 1. The van der Waals surface area contributed by atoms with Gasteiger partial charge in [-0.15, -0.1) is 0 Å². The molecule has 0 radical (unpaired) electrons. The number of carbonyl (C=O) groups is 2. The molecule has 0 saturated carbocycles. The van der Waals surface area contributed by atoms with Gasteiger partial charge >= 0.3 is 5.97 Å². The number of hydrogen-bond donors (Lipinski definition) is 1. The molecule has 2 aromatic carbocycles. The summed E-state index contributed by atoms with van der Waals surface area (Å²) in [4.78, 5) is 25.4. The highest BCUT2D eigenvalue weighted by molar-refractivity contribution is 7.92. The molecule has 10 heteroatoms. The molecule has 0 aliphatic rings. The van der Waals surface area contributed by atoms with E-state index in [4.69, 9.17) is 16.3 Å². The number of anilines is 1. The molecular formula is C18H18ClFN2O5S. The van der Waals surface area contributed by atoms with Gasteiger partial charge in [-0.2, -0.15) is 0 Å². The van der Waals surface area contributed by atoms with E-state index in [9.17, 15) is 22.4 Å². The average molecular weight is 429 g/mol. The van der Waals surface area contributed by atoms with Crippen LogP contribution in [0.15, 0.2) is 42.5 Å². The van der Waals surface area contributed by atoms with Crippen LogP contribution in [-0.2, 0) is 26.1 Å². The Morgan fingerprint density at radius 3 is 2.54 bits per heavy atom. The number of sulfonamides is 1. The first-order valence-corrected chi connectivity index (χ1v) is 10.3. The summed E-state index contributed by atoms with van der Waals surface area (Å²) in [7, 11) is -2.07. The smallest absolute Gasteiger partial charge is 0.338 e. The van der Waals surface area contributed by atoms with Crippen LogP contribution in [0.3, 0.4) is 0 Å². The van der Waals surface area contributed by atoms with Crippen LogP contribution in [0.1, 0.15) is 15.9 Å². The zero-order chi connectivity index (χ0) is 20.9. The maximum Gasteiger partial charge on any atom is 0.338 e. The Hall–Kier alpha value is -2.65. The number of hydrogen-bond acceptors (Lipinski definition) is 5. The molecule has 0 bridgehead atoms. The first-order valence-electron chi connectivity index (χ1n) is 7.98. The van der Waals surface area contributed by atoms with Crippen LogP contribution < -0.4 is 4.72 Å². The van der Waals surface area contributed by atoms with Crippen LogP contribution in [0.5, 0.6) is 0 Å². The van der Waals surface area contributed by atoms with Crippen molar-refractivity contribution in [2.75, 3.05) is 24.6 Å². The van der Waals surface area contributed by atoms with Crippen molar-refractivity contribution in [3.63, 3.8) is 0 Å². The zero-order valence-electron chi connectivity index (χ0n) is 15.1. The number of esters is 1. The van der Waals surface area contributed by atoms with Crippen LogP contribution in [0, 0.1) is 5.82 Å². The van der Waals surface area contributed by atoms with Gasteiger partial charge in [0.2, 0.25) is 10.0 Å². The molecule has 28 heavy (non-hydrogen) atoms. The molecular weight excluding hydrogens is 411 g/mol. The van der Waals surface area contributed by atoms with Gasteiger partial charge in [-0.05, 0) is 30.3 Å². The van der Waals surface area contributed by atoms with E-state index in [1.54, 1.807) is 0 Å². The Morgan fingerprint density at radius 1 is 1.21 bits per heavy atom. The minimum absolute atomic E-state index is 0.0706. The fourth-order valence-corrected chi connectivity index (χ4v) is 3.03. The number of nitrogens with zero attached hydrogens (tertiary/aromatic N) is 1. The largest absolute Gasteiger partial charge is 0.452 e. The van der Waals surface area contributed by atoms with Crippen molar-refractivity contribution in [2.45, 2.75) is 6.54 Å². The maximum absolute atomic E-state index is 13.8. The average Bonchev–Trinajstić information content (AvgIpc) is 2.61. The summed E-state index contributed by atoms with van der Waals surface area (Å²) in [5.41, 5.74) is 0.418. The maximum atomic E-state index is 13.8. The standard InChI is InChI=1S/C18H18ClFN2O5S/c1-22(10-14-15(19)7-4-8-16(14)20)17(23)11-27-18(24)12-5-3-6-13(9-12)21-28(2,25)26/h3-9,21H,10-11H2,1-2H3. The minimum Gasteiger partial charge on any atom is -0.452 e. The first kappa shape index (κ1) is 21.6. The van der Waals surface area contributed by atoms with E-state index >= 15 is 0 Å². The van der Waals surface area contributed by atoms with E-state index in [0.29, 0.717) is 0 Å². The van der Waals surface area contributed by atoms with Gasteiger partial charge in [-0.3, -0.25) is 9.52 Å². The predicted octanol–water partition coefficient (Wildman–Crippen LogP) is 2.67. The number of benzene rings is 2. The SMILES string of the molecule is CN(Cc1c(F)cccc1Cl)C(=O)COC(=O)c1cccc(NS(C)(=O)=O)c1. The van der Waals surface area contributed by atoms with Crippen LogP contribution in [0.2, 0.25) is 5.02 Å². The van der Waals surface area contributed by atoms with Gasteiger partial charge in [-0.1, -0.05) is 23.7 Å². The highest BCUT2D eigenvalue weighted by Gasteiger charge is 2.17. The molecule has 150 valence electrons. The van der Waals surface area contributed by atoms with Gasteiger partial charge in [0, 0.05) is 29.9 Å². The number of nitrogens with one attached hydrogen (secondary N) is 1. The molecule has 1 amide bonds. The van der Waals surface area contributed by atoms with E-state index < -0.39 is 34.3 Å². The summed E-state index contributed by atoms with van der Waals surface area (Å²) in [5.74, 6) is -1.90. The lowest BCUT2D eigenvalue weighted by atomic mass is 10.2. The second-order valence-corrected chi connectivity index (χ2v) is 8.14. The van der Waals surface area contributed by atoms with Crippen LogP contribution >= 0.6 is 11.6 Å². The molecule has 0 aromatic heterocycles.